The lowest BCUT2D eigenvalue weighted by atomic mass is 10.4. The maximum Gasteiger partial charge on any atom is 0.321 e. The minimum absolute atomic E-state index is 0.552. The van der Waals surface area contributed by atoms with Gasteiger partial charge >= 0.3 is 5.97 Å². The van der Waals surface area contributed by atoms with E-state index in [2.05, 4.69) is 22.2 Å². The van der Waals surface area contributed by atoms with Crippen LogP contribution in [0.5, 0.6) is 0 Å². The summed E-state index contributed by atoms with van der Waals surface area (Å²) in [4.78, 5) is 10.8. The molecular formula is C4H4N2O2S2. The van der Waals surface area contributed by atoms with Crippen LogP contribution in [0.3, 0.4) is 0 Å². The number of thiol groups is 1. The molecule has 1 unspecified atom stereocenters. The molecule has 0 aliphatic rings. The molecule has 1 heterocycles. The van der Waals surface area contributed by atoms with Gasteiger partial charge in [-0.25, -0.2) is 0 Å². The zero-order valence-electron chi connectivity index (χ0n) is 4.76. The lowest BCUT2D eigenvalue weighted by Gasteiger charge is -1.96. The first-order valence-corrected chi connectivity index (χ1v) is 3.69. The average Bonchev–Trinajstić information content (AvgIpc) is 2.36. The van der Waals surface area contributed by atoms with Crippen LogP contribution < -0.4 is 0 Å². The molecule has 0 radical (unpaired) electrons. The summed E-state index contributed by atoms with van der Waals surface area (Å²) < 4.78 is 3.51. The molecule has 0 aliphatic heterocycles. The Labute approximate surface area is 66.5 Å². The first-order chi connectivity index (χ1) is 4.72. The summed E-state index contributed by atoms with van der Waals surface area (Å²) in [6, 6.07) is 0. The smallest absolute Gasteiger partial charge is 0.321 e. The van der Waals surface area contributed by atoms with Crippen LogP contribution in [-0.4, -0.2) is 20.7 Å². The fraction of sp³-hybridized carbons (Fsp3) is 0.250. The monoisotopic (exact) mass is 176 g/mol. The highest BCUT2D eigenvalue weighted by molar-refractivity contribution is 7.81. The Morgan fingerprint density at radius 1 is 1.90 bits per heavy atom. The maximum atomic E-state index is 10.3. The van der Waals surface area contributed by atoms with Crippen molar-refractivity contribution in [1.29, 1.82) is 0 Å². The minimum Gasteiger partial charge on any atom is -0.480 e. The first-order valence-electron chi connectivity index (χ1n) is 2.40. The molecule has 1 aromatic heterocycles. The van der Waals surface area contributed by atoms with Crippen LogP contribution in [0.15, 0.2) is 6.20 Å². The molecule has 1 rings (SSSR count). The summed E-state index contributed by atoms with van der Waals surface area (Å²) in [6.45, 7) is 0. The number of carboxylic acids is 1. The zero-order valence-corrected chi connectivity index (χ0v) is 6.47. The molecule has 1 atom stereocenters. The second kappa shape index (κ2) is 2.98. The average molecular weight is 176 g/mol. The fourth-order valence-electron chi connectivity index (χ4n) is 0.417. The first kappa shape index (κ1) is 7.49. The number of aromatic nitrogens is 2. The van der Waals surface area contributed by atoms with Crippen molar-refractivity contribution in [2.45, 2.75) is 5.25 Å². The number of hydrogen-bond acceptors (Lipinski definition) is 5. The summed E-state index contributed by atoms with van der Waals surface area (Å²) in [5.41, 5.74) is 0. The van der Waals surface area contributed by atoms with Crippen molar-refractivity contribution in [3.63, 3.8) is 0 Å². The predicted octanol–water partition coefficient (Wildman–Crippen LogP) is 0.594. The van der Waals surface area contributed by atoms with E-state index in [0.717, 1.165) is 11.5 Å². The summed E-state index contributed by atoms with van der Waals surface area (Å²) >= 11 is 4.85. The van der Waals surface area contributed by atoms with Gasteiger partial charge in [-0.3, -0.25) is 4.79 Å². The van der Waals surface area contributed by atoms with Crippen molar-refractivity contribution in [2.75, 3.05) is 0 Å². The molecule has 4 nitrogen and oxygen atoms in total. The van der Waals surface area contributed by atoms with Crippen molar-refractivity contribution < 1.29 is 9.90 Å². The molecule has 6 heteroatoms. The van der Waals surface area contributed by atoms with Gasteiger partial charge in [-0.05, 0) is 11.5 Å². The molecule has 0 fully saturated rings. The minimum atomic E-state index is -0.977. The normalized spacial score (nSPS) is 12.9. The number of carboxylic acid groups (broad SMARTS) is 1. The zero-order chi connectivity index (χ0) is 7.56. The van der Waals surface area contributed by atoms with Crippen LogP contribution in [0.4, 0.5) is 0 Å². The van der Waals surface area contributed by atoms with Gasteiger partial charge in [0.05, 0.1) is 11.1 Å². The Morgan fingerprint density at radius 2 is 2.60 bits per heavy atom. The van der Waals surface area contributed by atoms with Gasteiger partial charge in [-0.2, -0.15) is 12.6 Å². The Morgan fingerprint density at radius 3 is 3.00 bits per heavy atom. The van der Waals surface area contributed by atoms with Gasteiger partial charge in [0.25, 0.3) is 0 Å². The third kappa shape index (κ3) is 1.45. The summed E-state index contributed by atoms with van der Waals surface area (Å²) in [6.07, 6.45) is 1.40. The van der Waals surface area contributed by atoms with Crippen LogP contribution in [0.1, 0.15) is 10.1 Å². The molecule has 10 heavy (non-hydrogen) atoms. The molecule has 0 amide bonds. The second-order valence-electron chi connectivity index (χ2n) is 1.56. The molecule has 1 N–H and O–H groups in total. The Balaban J connectivity index is 2.77. The highest BCUT2D eigenvalue weighted by Gasteiger charge is 2.16. The van der Waals surface area contributed by atoms with Crippen molar-refractivity contribution >= 4 is 30.1 Å². The van der Waals surface area contributed by atoms with E-state index >= 15 is 0 Å². The van der Waals surface area contributed by atoms with E-state index < -0.39 is 11.2 Å². The van der Waals surface area contributed by atoms with E-state index in [0.29, 0.717) is 4.88 Å². The van der Waals surface area contributed by atoms with E-state index in [1.54, 1.807) is 0 Å². The van der Waals surface area contributed by atoms with Gasteiger partial charge in [0.1, 0.15) is 5.25 Å². The molecule has 0 aromatic carbocycles. The van der Waals surface area contributed by atoms with E-state index in [1.165, 1.54) is 6.20 Å². The Hall–Kier alpha value is -0.620. The molecule has 0 aliphatic carbocycles. The van der Waals surface area contributed by atoms with Gasteiger partial charge in [-0.1, -0.05) is 4.49 Å². The summed E-state index contributed by atoms with van der Waals surface area (Å²) in [5.74, 6) is -0.977. The number of rotatable bonds is 2. The van der Waals surface area contributed by atoms with E-state index in [9.17, 15) is 4.79 Å². The molecule has 0 spiro atoms. The lowest BCUT2D eigenvalue weighted by molar-refractivity contribution is -0.136. The molecule has 0 bridgehead atoms. The van der Waals surface area contributed by atoms with Crippen LogP contribution in [-0.2, 0) is 4.79 Å². The largest absolute Gasteiger partial charge is 0.480 e. The Kier molecular flexibility index (Phi) is 2.23. The van der Waals surface area contributed by atoms with E-state index in [-0.39, 0.29) is 0 Å². The van der Waals surface area contributed by atoms with Crippen LogP contribution in [0.2, 0.25) is 0 Å². The van der Waals surface area contributed by atoms with Gasteiger partial charge < -0.3 is 5.11 Å². The molecule has 54 valence electrons. The summed E-state index contributed by atoms with van der Waals surface area (Å²) in [5, 5.41) is 11.1. The fourth-order valence-corrected chi connectivity index (χ4v) is 1.11. The van der Waals surface area contributed by atoms with Crippen molar-refractivity contribution in [2.24, 2.45) is 0 Å². The highest BCUT2D eigenvalue weighted by Crippen LogP contribution is 2.21. The van der Waals surface area contributed by atoms with Crippen molar-refractivity contribution in [1.82, 2.24) is 9.59 Å². The van der Waals surface area contributed by atoms with E-state index in [4.69, 9.17) is 5.11 Å². The summed E-state index contributed by atoms with van der Waals surface area (Å²) in [7, 11) is 0. The topological polar surface area (TPSA) is 63.1 Å². The predicted molar refractivity (Wildman–Crippen MR) is 39.3 cm³/mol. The third-order valence-electron chi connectivity index (χ3n) is 0.882. The Bertz CT molecular complexity index is 223. The molecule has 0 saturated heterocycles. The number of nitrogens with zero attached hydrogens (tertiary/aromatic N) is 2. The molecule has 1 aromatic rings. The number of carbonyl (C=O) groups is 1. The molecular weight excluding hydrogens is 172 g/mol. The molecule has 0 saturated carbocycles. The number of aliphatic carboxylic acids is 1. The second-order valence-corrected chi connectivity index (χ2v) is 2.89. The lowest BCUT2D eigenvalue weighted by Crippen LogP contribution is -2.02. The van der Waals surface area contributed by atoms with Crippen LogP contribution >= 0.6 is 24.2 Å². The van der Waals surface area contributed by atoms with Crippen LogP contribution in [0.25, 0.3) is 0 Å². The standard InChI is InChI=1S/C4H4N2O2S2/c7-4(8)3(9)2-1-5-6-10-2/h1,3,9H,(H,7,8). The van der Waals surface area contributed by atoms with Gasteiger partial charge in [0.2, 0.25) is 0 Å². The quantitative estimate of drug-likeness (QED) is 0.647. The SMILES string of the molecule is O=C(O)C(S)c1cnns1. The van der Waals surface area contributed by atoms with Crippen LogP contribution in [0, 0.1) is 0 Å². The highest BCUT2D eigenvalue weighted by atomic mass is 32.1. The van der Waals surface area contributed by atoms with Crippen molar-refractivity contribution in [3.8, 4) is 0 Å². The maximum absolute atomic E-state index is 10.3. The van der Waals surface area contributed by atoms with Crippen molar-refractivity contribution in [3.05, 3.63) is 11.1 Å². The van der Waals surface area contributed by atoms with Gasteiger partial charge in [-0.15, -0.1) is 5.10 Å². The number of hydrogen-bond donors (Lipinski definition) is 2. The van der Waals surface area contributed by atoms with Gasteiger partial charge in [0, 0.05) is 0 Å². The third-order valence-corrected chi connectivity index (χ3v) is 2.28. The van der Waals surface area contributed by atoms with E-state index in [1.807, 2.05) is 0 Å². The van der Waals surface area contributed by atoms with Gasteiger partial charge in [0.15, 0.2) is 0 Å².